The van der Waals surface area contributed by atoms with Gasteiger partial charge in [-0.25, -0.2) is 0 Å². The minimum absolute atomic E-state index is 0.0600. The number of hydrogen-bond donors (Lipinski definition) is 2. The van der Waals surface area contributed by atoms with Gasteiger partial charge in [0.1, 0.15) is 6.04 Å². The second-order valence-corrected chi connectivity index (χ2v) is 5.79. The normalized spacial score (nSPS) is 17.3. The van der Waals surface area contributed by atoms with E-state index in [1.165, 1.54) is 4.90 Å². The second kappa shape index (κ2) is 6.36. The van der Waals surface area contributed by atoms with Gasteiger partial charge in [-0.05, 0) is 18.1 Å². The molecular formula is C15H18ClN3O3. The second-order valence-electron chi connectivity index (χ2n) is 5.39. The van der Waals surface area contributed by atoms with Gasteiger partial charge in [0.2, 0.25) is 5.91 Å². The first-order valence-corrected chi connectivity index (χ1v) is 7.43. The third-order valence-corrected chi connectivity index (χ3v) is 4.31. The number of nitrogens with two attached hydrogens (primary N) is 1. The van der Waals surface area contributed by atoms with Crippen molar-refractivity contribution in [3.05, 3.63) is 28.8 Å². The highest BCUT2D eigenvalue weighted by Crippen LogP contribution is 2.30. The highest BCUT2D eigenvalue weighted by atomic mass is 35.5. The Bertz CT molecular complexity index is 632. The number of benzene rings is 1. The summed E-state index contributed by atoms with van der Waals surface area (Å²) in [6.45, 7) is 3.77. The Hall–Kier alpha value is -2.08. The molecule has 0 aromatic heterocycles. The van der Waals surface area contributed by atoms with Crippen molar-refractivity contribution in [3.63, 3.8) is 0 Å². The molecule has 0 fully saturated rings. The first-order chi connectivity index (χ1) is 10.4. The summed E-state index contributed by atoms with van der Waals surface area (Å²) < 4.78 is 0. The van der Waals surface area contributed by atoms with E-state index in [9.17, 15) is 14.4 Å². The first-order valence-electron chi connectivity index (χ1n) is 7.05. The fourth-order valence-electron chi connectivity index (χ4n) is 2.57. The number of fused-ring (bicyclic) bond motifs is 1. The molecular weight excluding hydrogens is 306 g/mol. The molecule has 1 aliphatic rings. The Labute approximate surface area is 133 Å². The summed E-state index contributed by atoms with van der Waals surface area (Å²) in [7, 11) is 0. The van der Waals surface area contributed by atoms with Gasteiger partial charge in [0.15, 0.2) is 0 Å². The molecule has 22 heavy (non-hydrogen) atoms. The summed E-state index contributed by atoms with van der Waals surface area (Å²) in [5.74, 6) is -2.38. The zero-order valence-electron chi connectivity index (χ0n) is 12.4. The van der Waals surface area contributed by atoms with Gasteiger partial charge in [-0.2, -0.15) is 0 Å². The highest BCUT2D eigenvalue weighted by molar-refractivity contribution is 6.41. The third-order valence-electron chi connectivity index (χ3n) is 3.96. The number of nitrogens with one attached hydrogen (secondary N) is 1. The van der Waals surface area contributed by atoms with Crippen LogP contribution in [0.2, 0.25) is 5.02 Å². The van der Waals surface area contributed by atoms with E-state index in [1.54, 1.807) is 18.2 Å². The van der Waals surface area contributed by atoms with Crippen LogP contribution in [0.4, 0.5) is 5.69 Å². The number of amides is 3. The zero-order valence-corrected chi connectivity index (χ0v) is 13.2. The van der Waals surface area contributed by atoms with Crippen molar-refractivity contribution < 1.29 is 14.4 Å². The summed E-state index contributed by atoms with van der Waals surface area (Å²) in [5, 5.41) is 2.95. The van der Waals surface area contributed by atoms with Crippen LogP contribution in [0.5, 0.6) is 0 Å². The number of carbonyl (C=O) groups excluding carboxylic acids is 3. The van der Waals surface area contributed by atoms with Crippen LogP contribution in [-0.4, -0.2) is 28.7 Å². The van der Waals surface area contributed by atoms with Gasteiger partial charge in [0, 0.05) is 16.3 Å². The fraction of sp³-hybridized carbons (Fsp3) is 0.400. The lowest BCUT2D eigenvalue weighted by molar-refractivity contribution is -0.148. The lowest BCUT2D eigenvalue weighted by atomic mass is 9.96. The van der Waals surface area contributed by atoms with Crippen LogP contribution >= 0.6 is 11.6 Å². The van der Waals surface area contributed by atoms with E-state index in [-0.39, 0.29) is 12.5 Å². The maximum absolute atomic E-state index is 12.4. The SMILES string of the molecule is CCC(C)[C@@H](C(N)=O)N1Cc2c(Cl)cccc2NC(=O)C1=O. The molecule has 0 aliphatic carbocycles. The molecule has 0 radical (unpaired) electrons. The highest BCUT2D eigenvalue weighted by Gasteiger charge is 2.37. The summed E-state index contributed by atoms with van der Waals surface area (Å²) >= 11 is 6.17. The minimum atomic E-state index is -0.856. The largest absolute Gasteiger partial charge is 0.368 e. The van der Waals surface area contributed by atoms with Gasteiger partial charge < -0.3 is 16.0 Å². The van der Waals surface area contributed by atoms with Gasteiger partial charge >= 0.3 is 11.8 Å². The summed E-state index contributed by atoms with van der Waals surface area (Å²) in [5.41, 5.74) is 6.53. The molecule has 6 nitrogen and oxygen atoms in total. The molecule has 1 aliphatic heterocycles. The molecule has 0 spiro atoms. The van der Waals surface area contributed by atoms with E-state index >= 15 is 0 Å². The molecule has 1 unspecified atom stereocenters. The van der Waals surface area contributed by atoms with Crippen molar-refractivity contribution >= 4 is 35.0 Å². The lowest BCUT2D eigenvalue weighted by Gasteiger charge is -2.31. The standard InChI is InChI=1S/C15H18ClN3O3/c1-3-8(2)12(13(17)20)19-7-9-10(16)5-4-6-11(9)18-14(21)15(19)22/h4-6,8,12H,3,7H2,1-2H3,(H2,17,20)(H,18,21)/t8?,12-/m0/s1. The molecule has 1 aromatic rings. The average molecular weight is 324 g/mol. The molecule has 1 heterocycles. The van der Waals surface area contributed by atoms with E-state index in [2.05, 4.69) is 5.32 Å². The minimum Gasteiger partial charge on any atom is -0.368 e. The number of hydrogen-bond acceptors (Lipinski definition) is 3. The molecule has 7 heteroatoms. The van der Waals surface area contributed by atoms with Crippen molar-refractivity contribution in [1.29, 1.82) is 0 Å². The average Bonchev–Trinajstić information content (AvgIpc) is 2.58. The van der Waals surface area contributed by atoms with Crippen molar-refractivity contribution in [3.8, 4) is 0 Å². The molecule has 2 rings (SSSR count). The van der Waals surface area contributed by atoms with Gasteiger partial charge in [-0.3, -0.25) is 14.4 Å². The predicted molar refractivity (Wildman–Crippen MR) is 83.1 cm³/mol. The van der Waals surface area contributed by atoms with E-state index in [0.29, 0.717) is 22.7 Å². The van der Waals surface area contributed by atoms with Crippen molar-refractivity contribution in [1.82, 2.24) is 4.90 Å². The van der Waals surface area contributed by atoms with Crippen LogP contribution in [0.15, 0.2) is 18.2 Å². The number of nitrogens with zero attached hydrogens (tertiary/aromatic N) is 1. The molecule has 0 saturated carbocycles. The first kappa shape index (κ1) is 16.3. The Morgan fingerprint density at radius 2 is 2.14 bits per heavy atom. The monoisotopic (exact) mass is 323 g/mol. The van der Waals surface area contributed by atoms with Gasteiger partial charge in [-0.1, -0.05) is 37.9 Å². The van der Waals surface area contributed by atoms with Crippen molar-refractivity contribution in [2.75, 3.05) is 5.32 Å². The molecule has 0 bridgehead atoms. The summed E-state index contributed by atoms with van der Waals surface area (Å²) in [6.07, 6.45) is 0.647. The number of carbonyl (C=O) groups is 3. The van der Waals surface area contributed by atoms with Gasteiger partial charge in [0.25, 0.3) is 0 Å². The van der Waals surface area contributed by atoms with Crippen molar-refractivity contribution in [2.24, 2.45) is 11.7 Å². The van der Waals surface area contributed by atoms with Crippen molar-refractivity contribution in [2.45, 2.75) is 32.9 Å². The number of rotatable bonds is 4. The van der Waals surface area contributed by atoms with Gasteiger partial charge in [0.05, 0.1) is 6.54 Å². The Kier molecular flexibility index (Phi) is 4.71. The smallest absolute Gasteiger partial charge is 0.313 e. The Morgan fingerprint density at radius 1 is 1.45 bits per heavy atom. The molecule has 3 amide bonds. The maximum Gasteiger partial charge on any atom is 0.313 e. The number of anilines is 1. The molecule has 0 saturated heterocycles. The van der Waals surface area contributed by atoms with Gasteiger partial charge in [-0.15, -0.1) is 0 Å². The van der Waals surface area contributed by atoms with E-state index in [0.717, 1.165) is 0 Å². The lowest BCUT2D eigenvalue weighted by Crippen LogP contribution is -2.52. The topological polar surface area (TPSA) is 92.5 Å². The van der Waals surface area contributed by atoms with Crippen LogP contribution in [-0.2, 0) is 20.9 Å². The van der Waals surface area contributed by atoms with E-state index < -0.39 is 23.8 Å². The zero-order chi connectivity index (χ0) is 16.4. The molecule has 118 valence electrons. The van der Waals surface area contributed by atoms with Crippen LogP contribution in [0.1, 0.15) is 25.8 Å². The Morgan fingerprint density at radius 3 is 2.73 bits per heavy atom. The predicted octanol–water partition coefficient (Wildman–Crippen LogP) is 1.52. The number of primary amides is 1. The van der Waals surface area contributed by atoms with E-state index in [1.807, 2.05) is 13.8 Å². The quantitative estimate of drug-likeness (QED) is 0.823. The number of halogens is 1. The molecule has 2 atom stereocenters. The Balaban J connectivity index is 2.50. The summed E-state index contributed by atoms with van der Waals surface area (Å²) in [6, 6.07) is 4.16. The third kappa shape index (κ3) is 2.92. The maximum atomic E-state index is 12.4. The molecule has 3 N–H and O–H groups in total. The van der Waals surface area contributed by atoms with Crippen LogP contribution < -0.4 is 11.1 Å². The van der Waals surface area contributed by atoms with Crippen LogP contribution in [0, 0.1) is 5.92 Å². The fourth-order valence-corrected chi connectivity index (χ4v) is 2.81. The van der Waals surface area contributed by atoms with Crippen LogP contribution in [0.25, 0.3) is 0 Å². The van der Waals surface area contributed by atoms with E-state index in [4.69, 9.17) is 17.3 Å². The van der Waals surface area contributed by atoms with Crippen LogP contribution in [0.3, 0.4) is 0 Å². The molecule has 1 aromatic carbocycles. The summed E-state index contributed by atoms with van der Waals surface area (Å²) in [4.78, 5) is 37.4.